The van der Waals surface area contributed by atoms with Crippen LogP contribution in [0.4, 0.5) is 13.2 Å². The number of alkyl halides is 3. The van der Waals surface area contributed by atoms with E-state index in [4.69, 9.17) is 9.84 Å². The number of hydrogen-bond acceptors (Lipinski definition) is 3. The Bertz CT molecular complexity index is 282. The highest BCUT2D eigenvalue weighted by molar-refractivity contribution is 5.86. The highest BCUT2D eigenvalue weighted by Gasteiger charge is 2.48. The van der Waals surface area contributed by atoms with Crippen LogP contribution in [0.25, 0.3) is 0 Å². The average molecular weight is 254 g/mol. The van der Waals surface area contributed by atoms with Crippen molar-refractivity contribution in [1.82, 2.24) is 0 Å². The van der Waals surface area contributed by atoms with Crippen LogP contribution >= 0.6 is 0 Å². The molecule has 0 saturated heterocycles. The maximum Gasteiger partial charge on any atom is 0.416 e. The summed E-state index contributed by atoms with van der Waals surface area (Å²) in [6.45, 7) is 5.60. The Balaban J connectivity index is 3.80. The standard InChI is InChI=1S/C11H17F3O3/c1-8(2)9(15)17-7-5-4-6-10(3,16)11(12,13)14/h16H,1,4-7H2,2-3H3. The van der Waals surface area contributed by atoms with Crippen molar-refractivity contribution in [3.8, 4) is 0 Å². The van der Waals surface area contributed by atoms with Gasteiger partial charge in [-0.2, -0.15) is 13.2 Å². The van der Waals surface area contributed by atoms with E-state index in [1.807, 2.05) is 0 Å². The molecule has 1 atom stereocenters. The fourth-order valence-corrected chi connectivity index (χ4v) is 1.00. The van der Waals surface area contributed by atoms with Crippen molar-refractivity contribution in [1.29, 1.82) is 0 Å². The van der Waals surface area contributed by atoms with Gasteiger partial charge in [0.15, 0.2) is 5.60 Å². The molecule has 1 unspecified atom stereocenters. The molecule has 0 aliphatic rings. The van der Waals surface area contributed by atoms with Gasteiger partial charge >= 0.3 is 12.1 Å². The highest BCUT2D eigenvalue weighted by atomic mass is 19.4. The van der Waals surface area contributed by atoms with E-state index < -0.39 is 24.2 Å². The lowest BCUT2D eigenvalue weighted by atomic mass is 9.99. The third-order valence-corrected chi connectivity index (χ3v) is 2.25. The molecule has 0 heterocycles. The number of carbonyl (C=O) groups excluding carboxylic acids is 1. The summed E-state index contributed by atoms with van der Waals surface area (Å²) in [5.41, 5.74) is -2.45. The third kappa shape index (κ3) is 5.72. The first-order valence-electron chi connectivity index (χ1n) is 5.19. The lowest BCUT2D eigenvalue weighted by molar-refractivity contribution is -0.255. The molecule has 0 bridgehead atoms. The zero-order chi connectivity index (χ0) is 13.7. The van der Waals surface area contributed by atoms with E-state index in [9.17, 15) is 18.0 Å². The molecule has 0 aliphatic carbocycles. The molecule has 1 N–H and O–H groups in total. The lowest BCUT2D eigenvalue weighted by Crippen LogP contribution is -2.41. The molecule has 6 heteroatoms. The van der Waals surface area contributed by atoms with Crippen LogP contribution in [-0.2, 0) is 9.53 Å². The van der Waals surface area contributed by atoms with Gasteiger partial charge in [-0.05, 0) is 33.1 Å². The van der Waals surface area contributed by atoms with Crippen LogP contribution < -0.4 is 0 Å². The average Bonchev–Trinajstić information content (AvgIpc) is 2.14. The molecule has 0 aliphatic heterocycles. The highest BCUT2D eigenvalue weighted by Crippen LogP contribution is 2.33. The summed E-state index contributed by atoms with van der Waals surface area (Å²) in [5, 5.41) is 9.10. The van der Waals surface area contributed by atoms with Crippen LogP contribution in [0.1, 0.15) is 33.1 Å². The molecule has 17 heavy (non-hydrogen) atoms. The predicted octanol–water partition coefficient (Wildman–Crippen LogP) is 2.59. The summed E-state index contributed by atoms with van der Waals surface area (Å²) in [6, 6.07) is 0. The number of esters is 1. The van der Waals surface area contributed by atoms with E-state index in [-0.39, 0.29) is 25.0 Å². The van der Waals surface area contributed by atoms with Crippen LogP contribution in [0.15, 0.2) is 12.2 Å². The number of ether oxygens (including phenoxy) is 1. The Morgan fingerprint density at radius 2 is 1.88 bits per heavy atom. The molecular weight excluding hydrogens is 237 g/mol. The van der Waals surface area contributed by atoms with Gasteiger partial charge in [-0.1, -0.05) is 6.58 Å². The number of hydrogen-bond donors (Lipinski definition) is 1. The minimum absolute atomic E-state index is 0.0274. The third-order valence-electron chi connectivity index (χ3n) is 2.25. The van der Waals surface area contributed by atoms with Crippen LogP contribution in [0, 0.1) is 0 Å². The zero-order valence-electron chi connectivity index (χ0n) is 9.93. The smallest absolute Gasteiger partial charge is 0.416 e. The normalized spacial score (nSPS) is 15.2. The van der Waals surface area contributed by atoms with E-state index in [0.717, 1.165) is 6.92 Å². The number of unbranched alkanes of at least 4 members (excludes halogenated alkanes) is 1. The Morgan fingerprint density at radius 3 is 2.29 bits per heavy atom. The summed E-state index contributed by atoms with van der Waals surface area (Å²) in [6.07, 6.45) is -4.66. The van der Waals surface area contributed by atoms with Gasteiger partial charge in [-0.15, -0.1) is 0 Å². The predicted molar refractivity (Wildman–Crippen MR) is 56.3 cm³/mol. The zero-order valence-corrected chi connectivity index (χ0v) is 9.93. The van der Waals surface area contributed by atoms with E-state index >= 15 is 0 Å². The summed E-state index contributed by atoms with van der Waals surface area (Å²) in [7, 11) is 0. The summed E-state index contributed by atoms with van der Waals surface area (Å²) >= 11 is 0. The van der Waals surface area contributed by atoms with Crippen LogP contribution in [0.2, 0.25) is 0 Å². The number of carbonyl (C=O) groups is 1. The van der Waals surface area contributed by atoms with Crippen LogP contribution in [0.5, 0.6) is 0 Å². The fourth-order valence-electron chi connectivity index (χ4n) is 1.00. The van der Waals surface area contributed by atoms with Gasteiger partial charge in [0.05, 0.1) is 6.61 Å². The molecule has 0 aromatic heterocycles. The van der Waals surface area contributed by atoms with E-state index in [1.165, 1.54) is 6.92 Å². The van der Waals surface area contributed by atoms with E-state index in [2.05, 4.69) is 6.58 Å². The van der Waals surface area contributed by atoms with Crippen LogP contribution in [-0.4, -0.2) is 29.5 Å². The minimum atomic E-state index is -4.64. The molecule has 0 aromatic carbocycles. The summed E-state index contributed by atoms with van der Waals surface area (Å²) < 4.78 is 41.4. The molecule has 0 radical (unpaired) electrons. The van der Waals surface area contributed by atoms with E-state index in [0.29, 0.717) is 0 Å². The Hall–Kier alpha value is -1.04. The SMILES string of the molecule is C=C(C)C(=O)OCCCCC(C)(O)C(F)(F)F. The van der Waals surface area contributed by atoms with Gasteiger partial charge in [-0.3, -0.25) is 0 Å². The summed E-state index contributed by atoms with van der Waals surface area (Å²) in [5.74, 6) is -0.562. The first kappa shape index (κ1) is 16.0. The maximum atomic E-state index is 12.2. The molecule has 0 amide bonds. The molecule has 3 nitrogen and oxygen atoms in total. The van der Waals surface area contributed by atoms with Gasteiger partial charge < -0.3 is 9.84 Å². The second-order valence-electron chi connectivity index (χ2n) is 4.14. The van der Waals surface area contributed by atoms with Gasteiger partial charge in [0.25, 0.3) is 0 Å². The Kier molecular flexibility index (Phi) is 5.68. The van der Waals surface area contributed by atoms with Crippen molar-refractivity contribution in [2.45, 2.75) is 44.9 Å². The van der Waals surface area contributed by atoms with Crippen molar-refractivity contribution < 1.29 is 27.8 Å². The van der Waals surface area contributed by atoms with Gasteiger partial charge in [0.1, 0.15) is 0 Å². The summed E-state index contributed by atoms with van der Waals surface area (Å²) in [4.78, 5) is 10.9. The lowest BCUT2D eigenvalue weighted by Gasteiger charge is -2.25. The molecule has 0 aromatic rings. The van der Waals surface area contributed by atoms with Crippen molar-refractivity contribution >= 4 is 5.97 Å². The van der Waals surface area contributed by atoms with Crippen molar-refractivity contribution in [3.63, 3.8) is 0 Å². The number of aliphatic hydroxyl groups is 1. The minimum Gasteiger partial charge on any atom is -0.462 e. The fraction of sp³-hybridized carbons (Fsp3) is 0.727. The molecule has 0 spiro atoms. The maximum absolute atomic E-state index is 12.2. The topological polar surface area (TPSA) is 46.5 Å². The van der Waals surface area contributed by atoms with Crippen molar-refractivity contribution in [2.75, 3.05) is 6.61 Å². The number of halogens is 3. The van der Waals surface area contributed by atoms with Crippen LogP contribution in [0.3, 0.4) is 0 Å². The van der Waals surface area contributed by atoms with Gasteiger partial charge in [0, 0.05) is 5.57 Å². The quantitative estimate of drug-likeness (QED) is 0.450. The van der Waals surface area contributed by atoms with Gasteiger partial charge in [0.2, 0.25) is 0 Å². The van der Waals surface area contributed by atoms with Crippen molar-refractivity contribution in [2.24, 2.45) is 0 Å². The molecule has 0 fully saturated rings. The second-order valence-corrected chi connectivity index (χ2v) is 4.14. The first-order valence-corrected chi connectivity index (χ1v) is 5.19. The molecular formula is C11H17F3O3. The number of rotatable bonds is 6. The van der Waals surface area contributed by atoms with E-state index in [1.54, 1.807) is 0 Å². The molecule has 0 rings (SSSR count). The second kappa shape index (κ2) is 6.05. The molecule has 0 saturated carbocycles. The first-order chi connectivity index (χ1) is 7.58. The molecule has 100 valence electrons. The Labute approximate surface area is 98.3 Å². The monoisotopic (exact) mass is 254 g/mol. The Morgan fingerprint density at radius 1 is 1.35 bits per heavy atom. The largest absolute Gasteiger partial charge is 0.462 e. The van der Waals surface area contributed by atoms with Crippen molar-refractivity contribution in [3.05, 3.63) is 12.2 Å². The van der Waals surface area contributed by atoms with Gasteiger partial charge in [-0.25, -0.2) is 4.79 Å².